The Hall–Kier alpha value is -1.84. The van der Waals surface area contributed by atoms with E-state index in [0.29, 0.717) is 11.3 Å². The van der Waals surface area contributed by atoms with Crippen LogP contribution in [-0.4, -0.2) is 0 Å². The third-order valence-electron chi connectivity index (χ3n) is 2.07. The van der Waals surface area contributed by atoms with Crippen molar-refractivity contribution in [1.29, 1.82) is 0 Å². The molecule has 0 atom stereocenters. The molecule has 0 radical (unpaired) electrons. The van der Waals surface area contributed by atoms with Crippen molar-refractivity contribution in [2.45, 2.75) is 6.92 Å². The standard InChI is InChI=1S/C10H9FN2O/c1-6-4-10(13-11)14-9-5-7(12)2-3-8(6)9/h2-5H,12H2,1H3/b13-10+. The lowest BCUT2D eigenvalue weighted by Crippen LogP contribution is -2.00. The minimum Gasteiger partial charge on any atom is -0.436 e. The Kier molecular flexibility index (Phi) is 1.96. The van der Waals surface area contributed by atoms with Crippen LogP contribution in [0.3, 0.4) is 0 Å². The van der Waals surface area contributed by atoms with Gasteiger partial charge in [0.25, 0.3) is 0 Å². The molecule has 0 aliphatic carbocycles. The van der Waals surface area contributed by atoms with Crippen molar-refractivity contribution in [3.8, 4) is 0 Å². The lowest BCUT2D eigenvalue weighted by molar-refractivity contribution is 0.433. The van der Waals surface area contributed by atoms with E-state index in [4.69, 9.17) is 10.2 Å². The summed E-state index contributed by atoms with van der Waals surface area (Å²) in [4.78, 5) is 0. The second kappa shape index (κ2) is 3.14. The number of hydrogen-bond donors (Lipinski definition) is 1. The molecule has 2 rings (SSSR count). The van der Waals surface area contributed by atoms with Gasteiger partial charge in [0.1, 0.15) is 5.58 Å². The first-order chi connectivity index (χ1) is 6.70. The Morgan fingerprint density at radius 3 is 2.86 bits per heavy atom. The molecule has 2 N–H and O–H groups in total. The van der Waals surface area contributed by atoms with Gasteiger partial charge in [-0.25, -0.2) is 0 Å². The van der Waals surface area contributed by atoms with Crippen LogP contribution in [0.1, 0.15) is 5.56 Å². The van der Waals surface area contributed by atoms with Crippen molar-refractivity contribution < 1.29 is 8.90 Å². The summed E-state index contributed by atoms with van der Waals surface area (Å²) in [6.07, 6.45) is 0. The van der Waals surface area contributed by atoms with Crippen LogP contribution in [0.2, 0.25) is 0 Å². The summed E-state index contributed by atoms with van der Waals surface area (Å²) in [5.41, 5.74) is 7.57. The van der Waals surface area contributed by atoms with E-state index >= 15 is 0 Å². The molecule has 2 aromatic rings. The molecule has 0 aliphatic rings. The zero-order valence-electron chi connectivity index (χ0n) is 7.62. The second-order valence-corrected chi connectivity index (χ2v) is 3.11. The van der Waals surface area contributed by atoms with Crippen LogP contribution in [0.15, 0.2) is 33.9 Å². The van der Waals surface area contributed by atoms with Gasteiger partial charge in [0.2, 0.25) is 5.55 Å². The predicted octanol–water partition coefficient (Wildman–Crippen LogP) is 2.11. The summed E-state index contributed by atoms with van der Waals surface area (Å²) in [6.45, 7) is 1.86. The third-order valence-corrected chi connectivity index (χ3v) is 2.07. The number of nitrogens with zero attached hydrogens (tertiary/aromatic N) is 1. The van der Waals surface area contributed by atoms with Gasteiger partial charge >= 0.3 is 0 Å². The maximum atomic E-state index is 12.0. The van der Waals surface area contributed by atoms with Crippen LogP contribution in [0.4, 0.5) is 10.2 Å². The van der Waals surface area contributed by atoms with Gasteiger partial charge in [-0.15, -0.1) is 0 Å². The highest BCUT2D eigenvalue weighted by Crippen LogP contribution is 2.18. The topological polar surface area (TPSA) is 51.5 Å². The molecule has 14 heavy (non-hydrogen) atoms. The number of aryl methyl sites for hydroxylation is 1. The smallest absolute Gasteiger partial charge is 0.249 e. The number of fused-ring (bicyclic) bond motifs is 1. The van der Waals surface area contributed by atoms with Crippen LogP contribution < -0.4 is 11.3 Å². The van der Waals surface area contributed by atoms with Gasteiger partial charge in [-0.1, -0.05) is 4.48 Å². The largest absolute Gasteiger partial charge is 0.436 e. The number of hydrogen-bond acceptors (Lipinski definition) is 3. The normalized spacial score (nSPS) is 12.3. The minimum absolute atomic E-state index is 0.0411. The molecule has 4 heteroatoms. The number of rotatable bonds is 0. The molecule has 1 aromatic carbocycles. The Morgan fingerprint density at radius 1 is 1.36 bits per heavy atom. The van der Waals surface area contributed by atoms with Gasteiger partial charge in [-0.2, -0.15) is 0 Å². The molecule has 0 aliphatic heterocycles. The van der Waals surface area contributed by atoms with Gasteiger partial charge in [0.15, 0.2) is 0 Å². The average molecular weight is 192 g/mol. The summed E-state index contributed by atoms with van der Waals surface area (Å²) in [5, 5.41) is 3.41. The Labute approximate surface area is 79.6 Å². The summed E-state index contributed by atoms with van der Waals surface area (Å²) < 4.78 is 17.2. The summed E-state index contributed by atoms with van der Waals surface area (Å²) >= 11 is 0. The average Bonchev–Trinajstić information content (AvgIpc) is 2.16. The molecule has 0 saturated carbocycles. The molecule has 0 amide bonds. The first-order valence-electron chi connectivity index (χ1n) is 4.15. The van der Waals surface area contributed by atoms with E-state index in [1.165, 1.54) is 0 Å². The van der Waals surface area contributed by atoms with Crippen LogP contribution in [0.25, 0.3) is 11.0 Å². The van der Waals surface area contributed by atoms with Gasteiger partial charge in [0, 0.05) is 23.2 Å². The van der Waals surface area contributed by atoms with Crippen LogP contribution in [0.5, 0.6) is 0 Å². The van der Waals surface area contributed by atoms with Crippen molar-refractivity contribution >= 4 is 16.7 Å². The fourth-order valence-corrected chi connectivity index (χ4v) is 1.40. The lowest BCUT2D eigenvalue weighted by Gasteiger charge is -2.01. The first-order valence-corrected chi connectivity index (χ1v) is 4.15. The van der Waals surface area contributed by atoms with Crippen LogP contribution >= 0.6 is 0 Å². The van der Waals surface area contributed by atoms with Crippen molar-refractivity contribution in [1.82, 2.24) is 0 Å². The molecule has 3 nitrogen and oxygen atoms in total. The number of anilines is 1. The molecule has 1 aromatic heterocycles. The third kappa shape index (κ3) is 1.35. The van der Waals surface area contributed by atoms with Gasteiger partial charge in [-0.05, 0) is 29.8 Å². The van der Waals surface area contributed by atoms with E-state index < -0.39 is 0 Å². The minimum atomic E-state index is -0.0411. The lowest BCUT2D eigenvalue weighted by atomic mass is 10.1. The SMILES string of the molecule is Cc1c/c(=N\F)oc2cc(N)ccc12. The van der Waals surface area contributed by atoms with E-state index in [1.54, 1.807) is 18.2 Å². The van der Waals surface area contributed by atoms with E-state index in [0.717, 1.165) is 10.9 Å². The maximum Gasteiger partial charge on any atom is 0.249 e. The van der Waals surface area contributed by atoms with Crippen LogP contribution in [-0.2, 0) is 0 Å². The van der Waals surface area contributed by atoms with E-state index in [9.17, 15) is 4.48 Å². The van der Waals surface area contributed by atoms with Gasteiger partial charge in [0.05, 0.1) is 0 Å². The van der Waals surface area contributed by atoms with Crippen molar-refractivity contribution in [3.05, 3.63) is 35.4 Å². The summed E-state index contributed by atoms with van der Waals surface area (Å²) in [5.74, 6) is 0. The molecule has 0 saturated heterocycles. The Bertz CT molecular complexity index is 545. The Balaban J connectivity index is 2.91. The Morgan fingerprint density at radius 2 is 2.14 bits per heavy atom. The molecule has 0 spiro atoms. The molecule has 0 fully saturated rings. The number of benzene rings is 1. The zero-order chi connectivity index (χ0) is 10.1. The monoisotopic (exact) mass is 192 g/mol. The molecule has 0 unspecified atom stereocenters. The van der Waals surface area contributed by atoms with Crippen molar-refractivity contribution in [2.24, 2.45) is 5.21 Å². The van der Waals surface area contributed by atoms with Gasteiger partial charge in [-0.3, -0.25) is 0 Å². The van der Waals surface area contributed by atoms with Crippen molar-refractivity contribution in [2.75, 3.05) is 5.73 Å². The number of halogens is 1. The van der Waals surface area contributed by atoms with E-state index in [1.807, 2.05) is 13.0 Å². The summed E-state index contributed by atoms with van der Waals surface area (Å²) in [6, 6.07) is 6.80. The fourth-order valence-electron chi connectivity index (χ4n) is 1.40. The molecule has 0 bridgehead atoms. The second-order valence-electron chi connectivity index (χ2n) is 3.11. The summed E-state index contributed by atoms with van der Waals surface area (Å²) in [7, 11) is 0. The fraction of sp³-hybridized carbons (Fsp3) is 0.100. The maximum absolute atomic E-state index is 12.0. The molecular weight excluding hydrogens is 183 g/mol. The highest BCUT2D eigenvalue weighted by Gasteiger charge is 2.00. The van der Waals surface area contributed by atoms with E-state index in [-0.39, 0.29) is 5.55 Å². The molecule has 1 heterocycles. The van der Waals surface area contributed by atoms with Crippen LogP contribution in [0, 0.1) is 6.92 Å². The number of nitrogen functional groups attached to an aromatic ring is 1. The quantitative estimate of drug-likeness (QED) is 0.650. The highest BCUT2D eigenvalue weighted by molar-refractivity contribution is 5.82. The van der Waals surface area contributed by atoms with Crippen molar-refractivity contribution in [3.63, 3.8) is 0 Å². The molecular formula is C10H9FN2O. The number of nitrogens with two attached hydrogens (primary N) is 1. The van der Waals surface area contributed by atoms with E-state index in [2.05, 4.69) is 5.21 Å². The predicted molar refractivity (Wildman–Crippen MR) is 52.0 cm³/mol. The highest BCUT2D eigenvalue weighted by atomic mass is 19.2. The first kappa shape index (κ1) is 8.74. The van der Waals surface area contributed by atoms with Gasteiger partial charge < -0.3 is 10.2 Å². The zero-order valence-corrected chi connectivity index (χ0v) is 7.62. The molecule has 72 valence electrons.